The highest BCUT2D eigenvalue weighted by Gasteiger charge is 2.52. The van der Waals surface area contributed by atoms with Gasteiger partial charge in [-0.25, -0.2) is 0 Å². The minimum atomic E-state index is 0.0476. The molecule has 1 N–H and O–H groups in total. The van der Waals surface area contributed by atoms with Crippen LogP contribution in [0.5, 0.6) is 0 Å². The number of allylic oxidation sites excluding steroid dienone is 2. The van der Waals surface area contributed by atoms with Gasteiger partial charge in [0.05, 0.1) is 5.69 Å². The third-order valence-corrected chi connectivity index (χ3v) is 7.92. The van der Waals surface area contributed by atoms with Crippen molar-refractivity contribution in [3.8, 4) is 0 Å². The average molecular weight is 364 g/mol. The molecule has 2 saturated carbocycles. The van der Waals surface area contributed by atoms with Crippen LogP contribution in [-0.4, -0.2) is 5.91 Å². The highest BCUT2D eigenvalue weighted by Crippen LogP contribution is 2.61. The zero-order valence-electron chi connectivity index (χ0n) is 17.3. The molecule has 1 amide bonds. The SMILES string of the molecule is C=C1CC[C@H]2C(C)(C)CCC[C@]2(C)[C@H]1C/C=C1\C(=O)Nc2c(C)cccc21. The number of amides is 1. The molecule has 1 aromatic carbocycles. The zero-order chi connectivity index (χ0) is 19.4. The second-order valence-corrected chi connectivity index (χ2v) is 9.96. The lowest BCUT2D eigenvalue weighted by Crippen LogP contribution is -2.49. The lowest BCUT2D eigenvalue weighted by Gasteiger charge is -2.58. The summed E-state index contributed by atoms with van der Waals surface area (Å²) in [5, 5.41) is 3.06. The first-order chi connectivity index (χ1) is 12.7. The number of nitrogens with one attached hydrogen (secondary N) is 1. The van der Waals surface area contributed by atoms with Gasteiger partial charge in [-0.2, -0.15) is 0 Å². The Labute approximate surface area is 164 Å². The first-order valence-electron chi connectivity index (χ1n) is 10.5. The highest BCUT2D eigenvalue weighted by atomic mass is 16.2. The molecule has 2 heteroatoms. The molecule has 2 aliphatic carbocycles. The normalized spacial score (nSPS) is 33.6. The Morgan fingerprint density at radius 1 is 1.26 bits per heavy atom. The Kier molecular flexibility index (Phi) is 4.36. The van der Waals surface area contributed by atoms with E-state index in [1.165, 1.54) is 31.3 Å². The topological polar surface area (TPSA) is 29.1 Å². The number of fused-ring (bicyclic) bond motifs is 2. The van der Waals surface area contributed by atoms with Crippen molar-refractivity contribution in [2.24, 2.45) is 22.7 Å². The first-order valence-corrected chi connectivity index (χ1v) is 10.5. The van der Waals surface area contributed by atoms with Crippen LogP contribution in [0.2, 0.25) is 0 Å². The Morgan fingerprint density at radius 3 is 2.81 bits per heavy atom. The molecule has 3 aliphatic rings. The minimum absolute atomic E-state index is 0.0476. The third-order valence-electron chi connectivity index (χ3n) is 7.92. The molecule has 0 radical (unpaired) electrons. The summed E-state index contributed by atoms with van der Waals surface area (Å²) in [6, 6.07) is 6.17. The summed E-state index contributed by atoms with van der Waals surface area (Å²) >= 11 is 0. The summed E-state index contributed by atoms with van der Waals surface area (Å²) in [6.45, 7) is 13.9. The quantitative estimate of drug-likeness (QED) is 0.470. The average Bonchev–Trinajstić information content (AvgIpc) is 2.91. The Morgan fingerprint density at radius 2 is 2.04 bits per heavy atom. The maximum absolute atomic E-state index is 12.6. The zero-order valence-corrected chi connectivity index (χ0v) is 17.3. The fourth-order valence-corrected chi connectivity index (χ4v) is 6.51. The molecule has 3 atom stereocenters. The predicted molar refractivity (Wildman–Crippen MR) is 113 cm³/mol. The van der Waals surface area contributed by atoms with Crippen molar-refractivity contribution in [2.75, 3.05) is 5.32 Å². The minimum Gasteiger partial charge on any atom is -0.321 e. The van der Waals surface area contributed by atoms with Crippen LogP contribution in [0.15, 0.2) is 36.4 Å². The van der Waals surface area contributed by atoms with E-state index in [-0.39, 0.29) is 5.91 Å². The molecule has 1 heterocycles. The maximum atomic E-state index is 12.6. The number of benzene rings is 1. The van der Waals surface area contributed by atoms with Crippen molar-refractivity contribution >= 4 is 17.2 Å². The van der Waals surface area contributed by atoms with Crippen LogP contribution in [0.4, 0.5) is 5.69 Å². The lowest BCUT2D eigenvalue weighted by atomic mass is 9.47. The van der Waals surface area contributed by atoms with E-state index in [0.717, 1.165) is 41.1 Å². The number of hydrogen-bond donors (Lipinski definition) is 1. The molecular weight excluding hydrogens is 330 g/mol. The number of anilines is 1. The smallest absolute Gasteiger partial charge is 0.256 e. The van der Waals surface area contributed by atoms with Crippen LogP contribution in [0.25, 0.3) is 5.57 Å². The number of aryl methyl sites for hydroxylation is 1. The van der Waals surface area contributed by atoms with Crippen molar-refractivity contribution in [1.29, 1.82) is 0 Å². The van der Waals surface area contributed by atoms with Crippen molar-refractivity contribution < 1.29 is 4.79 Å². The first kappa shape index (κ1) is 18.5. The molecule has 0 unspecified atom stereocenters. The van der Waals surface area contributed by atoms with E-state index in [4.69, 9.17) is 0 Å². The molecule has 2 nitrogen and oxygen atoms in total. The van der Waals surface area contributed by atoms with Crippen LogP contribution < -0.4 is 5.32 Å². The fourth-order valence-electron chi connectivity index (χ4n) is 6.51. The van der Waals surface area contributed by atoms with Gasteiger partial charge in [0.2, 0.25) is 0 Å². The maximum Gasteiger partial charge on any atom is 0.256 e. The summed E-state index contributed by atoms with van der Waals surface area (Å²) in [5.41, 5.74) is 6.14. The number of carbonyl (C=O) groups is 1. The number of carbonyl (C=O) groups excluding carboxylic acids is 1. The standard InChI is InChI=1S/C25H33NO/c1-16-10-13-21-24(3,4)14-7-15-25(21,5)20(16)12-11-19-18-9-6-8-17(2)22(18)26-23(19)27/h6,8-9,11,20-21H,1,7,10,12-15H2,2-5H3,(H,26,27)/b19-11-/t20-,21-,25+/m0/s1. The number of para-hydroxylation sites is 1. The Bertz CT molecular complexity index is 831. The van der Waals surface area contributed by atoms with E-state index >= 15 is 0 Å². The van der Waals surface area contributed by atoms with Gasteiger partial charge in [0, 0.05) is 11.1 Å². The number of rotatable bonds is 2. The van der Waals surface area contributed by atoms with Crippen LogP contribution in [0.1, 0.15) is 70.4 Å². The second-order valence-electron chi connectivity index (χ2n) is 9.96. The number of hydrogen-bond acceptors (Lipinski definition) is 1. The molecule has 2 fully saturated rings. The lowest BCUT2D eigenvalue weighted by molar-refractivity contribution is -0.110. The molecule has 4 rings (SSSR count). The summed E-state index contributed by atoms with van der Waals surface area (Å²) in [5.74, 6) is 1.27. The highest BCUT2D eigenvalue weighted by molar-refractivity contribution is 6.31. The molecule has 1 aliphatic heterocycles. The van der Waals surface area contributed by atoms with Crippen molar-refractivity contribution in [1.82, 2.24) is 0 Å². The van der Waals surface area contributed by atoms with Gasteiger partial charge in [-0.15, -0.1) is 0 Å². The predicted octanol–water partition coefficient (Wildman–Crippen LogP) is 6.52. The van der Waals surface area contributed by atoms with E-state index in [1.54, 1.807) is 0 Å². The largest absolute Gasteiger partial charge is 0.321 e. The van der Waals surface area contributed by atoms with Gasteiger partial charge < -0.3 is 5.32 Å². The summed E-state index contributed by atoms with van der Waals surface area (Å²) in [4.78, 5) is 12.6. The molecule has 0 saturated heterocycles. The van der Waals surface area contributed by atoms with Crippen LogP contribution in [0.3, 0.4) is 0 Å². The van der Waals surface area contributed by atoms with Gasteiger partial charge in [0.25, 0.3) is 5.91 Å². The molecular formula is C25H33NO. The van der Waals surface area contributed by atoms with Gasteiger partial charge in [0.1, 0.15) is 0 Å². The molecule has 0 bridgehead atoms. The van der Waals surface area contributed by atoms with Gasteiger partial charge in [-0.3, -0.25) is 4.79 Å². The van der Waals surface area contributed by atoms with Crippen molar-refractivity contribution in [3.63, 3.8) is 0 Å². The summed E-state index contributed by atoms with van der Waals surface area (Å²) in [6.07, 6.45) is 9.47. The Hall–Kier alpha value is -1.83. The summed E-state index contributed by atoms with van der Waals surface area (Å²) in [7, 11) is 0. The monoisotopic (exact) mass is 363 g/mol. The van der Waals surface area contributed by atoms with Gasteiger partial charge in [-0.1, -0.05) is 63.6 Å². The van der Waals surface area contributed by atoms with Gasteiger partial charge in [0.15, 0.2) is 0 Å². The molecule has 144 valence electrons. The van der Waals surface area contributed by atoms with Gasteiger partial charge in [-0.05, 0) is 67.3 Å². The fraction of sp³-hybridized carbons (Fsp3) is 0.560. The Balaban J connectivity index is 1.66. The van der Waals surface area contributed by atoms with Crippen molar-refractivity contribution in [3.05, 3.63) is 47.6 Å². The van der Waals surface area contributed by atoms with Crippen LogP contribution in [0, 0.1) is 29.6 Å². The molecule has 0 aromatic heterocycles. The van der Waals surface area contributed by atoms with Crippen molar-refractivity contribution in [2.45, 2.75) is 66.2 Å². The van der Waals surface area contributed by atoms with E-state index < -0.39 is 0 Å². The second kappa shape index (κ2) is 6.36. The third kappa shape index (κ3) is 2.88. The van der Waals surface area contributed by atoms with E-state index in [2.05, 4.69) is 57.8 Å². The van der Waals surface area contributed by atoms with Gasteiger partial charge >= 0.3 is 0 Å². The van der Waals surface area contributed by atoms with E-state index in [1.807, 2.05) is 6.07 Å². The van der Waals surface area contributed by atoms with E-state index in [9.17, 15) is 4.79 Å². The molecule has 0 spiro atoms. The molecule has 1 aromatic rings. The molecule has 27 heavy (non-hydrogen) atoms. The van der Waals surface area contributed by atoms with Crippen LogP contribution in [-0.2, 0) is 4.79 Å². The van der Waals surface area contributed by atoms with Crippen LogP contribution >= 0.6 is 0 Å². The summed E-state index contributed by atoms with van der Waals surface area (Å²) < 4.78 is 0. The van der Waals surface area contributed by atoms with E-state index in [0.29, 0.717) is 16.7 Å².